The first-order valence-corrected chi connectivity index (χ1v) is 5.59. The molecule has 1 atom stereocenters. The lowest BCUT2D eigenvalue weighted by Gasteiger charge is -2.28. The van der Waals surface area contributed by atoms with Crippen LogP contribution in [0.25, 0.3) is 0 Å². The maximum Gasteiger partial charge on any atom is 0.326 e. The Morgan fingerprint density at radius 3 is 2.84 bits per heavy atom. The molecule has 0 radical (unpaired) electrons. The molecule has 0 aliphatic carbocycles. The lowest BCUT2D eigenvalue weighted by Crippen LogP contribution is -2.55. The summed E-state index contributed by atoms with van der Waals surface area (Å²) in [7, 11) is 0. The molecule has 0 saturated carbocycles. The van der Waals surface area contributed by atoms with E-state index in [-0.39, 0.29) is 18.0 Å². The minimum absolute atomic E-state index is 0.195. The van der Waals surface area contributed by atoms with Crippen LogP contribution in [-0.4, -0.2) is 21.5 Å². The summed E-state index contributed by atoms with van der Waals surface area (Å²) in [5.74, 6) is -1.41. The molecule has 2 rings (SSSR count). The van der Waals surface area contributed by atoms with Crippen LogP contribution in [0.1, 0.15) is 11.4 Å². The quantitative estimate of drug-likeness (QED) is 0.502. The topological polar surface area (TPSA) is 132 Å². The highest BCUT2D eigenvalue weighted by atomic mass is 16.6. The molecule has 2 heterocycles. The molecule has 0 aromatic carbocycles. The average Bonchev–Trinajstić information content (AvgIpc) is 2.27. The highest BCUT2D eigenvalue weighted by molar-refractivity contribution is 5.95. The molecule has 0 saturated heterocycles. The van der Waals surface area contributed by atoms with E-state index in [2.05, 4.69) is 15.3 Å². The summed E-state index contributed by atoms with van der Waals surface area (Å²) in [5, 5.41) is 13.4. The van der Waals surface area contributed by atoms with Crippen molar-refractivity contribution in [2.75, 3.05) is 0 Å². The molecule has 8 nitrogen and oxygen atoms in total. The molecule has 1 aliphatic rings. The van der Waals surface area contributed by atoms with Gasteiger partial charge in [-0.15, -0.1) is 0 Å². The fraction of sp³-hybridized carbons (Fsp3) is 0.273. The third-order valence-corrected chi connectivity index (χ3v) is 2.63. The maximum atomic E-state index is 10.7. The fourth-order valence-corrected chi connectivity index (χ4v) is 1.78. The summed E-state index contributed by atoms with van der Waals surface area (Å²) in [6.45, 7) is 1.86. The number of amidine groups is 1. The number of rotatable bonds is 3. The first kappa shape index (κ1) is 13.0. The zero-order valence-corrected chi connectivity index (χ0v) is 10.3. The van der Waals surface area contributed by atoms with Crippen LogP contribution in [-0.2, 0) is 6.42 Å². The number of pyridine rings is 1. The van der Waals surface area contributed by atoms with Crippen LogP contribution in [0.2, 0.25) is 0 Å². The molecule has 100 valence electrons. The smallest absolute Gasteiger partial charge is 0.326 e. The molecule has 8 heteroatoms. The summed E-state index contributed by atoms with van der Waals surface area (Å²) in [6.07, 6.45) is 1.44. The van der Waals surface area contributed by atoms with Crippen LogP contribution < -0.4 is 16.8 Å². The standard InChI is InChI=1S/C11H14N6O2/c1-7-3-2-4-8(15-7)5-11(13)14-6-9(17(18)19)10(12)16-11/h2-4,6,14H,5,13H2,1H3,(H2,12,16). The third-order valence-electron chi connectivity index (χ3n) is 2.63. The van der Waals surface area contributed by atoms with Gasteiger partial charge in [0.25, 0.3) is 0 Å². The van der Waals surface area contributed by atoms with Gasteiger partial charge in [-0.1, -0.05) is 6.07 Å². The van der Waals surface area contributed by atoms with E-state index in [9.17, 15) is 10.1 Å². The average molecular weight is 262 g/mol. The van der Waals surface area contributed by atoms with Gasteiger partial charge in [-0.2, -0.15) is 0 Å². The van der Waals surface area contributed by atoms with Gasteiger partial charge in [0.1, 0.15) is 0 Å². The van der Waals surface area contributed by atoms with Crippen LogP contribution in [0.4, 0.5) is 0 Å². The number of aliphatic imine (C=N–C) groups is 1. The molecular formula is C11H14N6O2. The molecule has 0 amide bonds. The van der Waals surface area contributed by atoms with Crippen molar-refractivity contribution in [1.82, 2.24) is 10.3 Å². The van der Waals surface area contributed by atoms with Crippen molar-refractivity contribution in [2.24, 2.45) is 16.5 Å². The molecule has 1 aromatic heterocycles. The molecule has 0 fully saturated rings. The minimum Gasteiger partial charge on any atom is -0.378 e. The molecule has 1 unspecified atom stereocenters. The van der Waals surface area contributed by atoms with Gasteiger partial charge in [-0.05, 0) is 19.1 Å². The van der Waals surface area contributed by atoms with Gasteiger partial charge in [0.2, 0.25) is 5.84 Å². The molecule has 1 aliphatic heterocycles. The van der Waals surface area contributed by atoms with Crippen molar-refractivity contribution in [3.8, 4) is 0 Å². The second-order valence-corrected chi connectivity index (χ2v) is 4.30. The van der Waals surface area contributed by atoms with Gasteiger partial charge in [0, 0.05) is 17.8 Å². The predicted octanol–water partition coefficient (Wildman–Crippen LogP) is -0.376. The zero-order valence-electron chi connectivity index (χ0n) is 10.3. The number of nitrogens with zero attached hydrogens (tertiary/aromatic N) is 3. The Bertz CT molecular complexity index is 582. The van der Waals surface area contributed by atoms with Gasteiger partial charge in [-0.25, -0.2) is 4.99 Å². The predicted molar refractivity (Wildman–Crippen MR) is 69.4 cm³/mol. The first-order chi connectivity index (χ1) is 8.89. The van der Waals surface area contributed by atoms with Crippen LogP contribution in [0.5, 0.6) is 0 Å². The van der Waals surface area contributed by atoms with Crippen molar-refractivity contribution in [2.45, 2.75) is 19.1 Å². The Hall–Kier alpha value is -2.48. The number of hydrogen-bond donors (Lipinski definition) is 3. The van der Waals surface area contributed by atoms with E-state index in [0.29, 0.717) is 0 Å². The second-order valence-electron chi connectivity index (χ2n) is 4.30. The van der Waals surface area contributed by atoms with Crippen molar-refractivity contribution < 1.29 is 4.92 Å². The van der Waals surface area contributed by atoms with Crippen molar-refractivity contribution >= 4 is 5.84 Å². The monoisotopic (exact) mass is 262 g/mol. The molecule has 19 heavy (non-hydrogen) atoms. The number of aromatic nitrogens is 1. The first-order valence-electron chi connectivity index (χ1n) is 5.59. The summed E-state index contributed by atoms with van der Waals surface area (Å²) in [6, 6.07) is 5.53. The molecule has 1 aromatic rings. The Kier molecular flexibility index (Phi) is 3.17. The summed E-state index contributed by atoms with van der Waals surface area (Å²) >= 11 is 0. The van der Waals surface area contributed by atoms with E-state index < -0.39 is 10.7 Å². The van der Waals surface area contributed by atoms with E-state index in [1.807, 2.05) is 25.1 Å². The third kappa shape index (κ3) is 2.86. The van der Waals surface area contributed by atoms with Crippen molar-refractivity contribution in [1.29, 1.82) is 0 Å². The Balaban J connectivity index is 2.21. The Labute approximate surface area is 109 Å². The summed E-state index contributed by atoms with van der Waals surface area (Å²) < 4.78 is 0. The lowest BCUT2D eigenvalue weighted by molar-refractivity contribution is -0.416. The zero-order chi connectivity index (χ0) is 14.0. The van der Waals surface area contributed by atoms with Gasteiger partial charge in [0.15, 0.2) is 5.79 Å². The van der Waals surface area contributed by atoms with Crippen LogP contribution in [0, 0.1) is 17.0 Å². The van der Waals surface area contributed by atoms with Gasteiger partial charge in [-0.3, -0.25) is 20.8 Å². The number of nitrogens with two attached hydrogens (primary N) is 2. The Morgan fingerprint density at radius 2 is 2.26 bits per heavy atom. The fourth-order valence-electron chi connectivity index (χ4n) is 1.78. The number of nitrogens with one attached hydrogen (secondary N) is 1. The molecule has 0 bridgehead atoms. The van der Waals surface area contributed by atoms with Gasteiger partial charge >= 0.3 is 5.70 Å². The SMILES string of the molecule is Cc1cccc(CC2(N)N=C(N)C([N+](=O)[O-])=CN2)n1. The molecular weight excluding hydrogens is 248 g/mol. The van der Waals surface area contributed by atoms with E-state index in [0.717, 1.165) is 17.6 Å². The maximum absolute atomic E-state index is 10.7. The molecule has 0 spiro atoms. The summed E-state index contributed by atoms with van der Waals surface area (Å²) in [4.78, 5) is 18.3. The van der Waals surface area contributed by atoms with Gasteiger partial charge < -0.3 is 11.1 Å². The van der Waals surface area contributed by atoms with E-state index >= 15 is 0 Å². The number of hydrogen-bond acceptors (Lipinski definition) is 7. The number of nitro groups is 1. The lowest BCUT2D eigenvalue weighted by atomic mass is 10.1. The van der Waals surface area contributed by atoms with Crippen molar-refractivity contribution in [3.05, 3.63) is 51.6 Å². The van der Waals surface area contributed by atoms with E-state index in [4.69, 9.17) is 11.5 Å². The summed E-state index contributed by atoms with van der Waals surface area (Å²) in [5.41, 5.74) is 12.8. The van der Waals surface area contributed by atoms with E-state index in [1.165, 1.54) is 0 Å². The van der Waals surface area contributed by atoms with Crippen molar-refractivity contribution in [3.63, 3.8) is 0 Å². The van der Waals surface area contributed by atoms with Gasteiger partial charge in [0.05, 0.1) is 11.1 Å². The van der Waals surface area contributed by atoms with Crippen LogP contribution in [0.3, 0.4) is 0 Å². The van der Waals surface area contributed by atoms with E-state index in [1.54, 1.807) is 0 Å². The minimum atomic E-state index is -1.22. The van der Waals surface area contributed by atoms with Crippen LogP contribution in [0.15, 0.2) is 35.1 Å². The highest BCUT2D eigenvalue weighted by Crippen LogP contribution is 2.14. The molecule has 5 N–H and O–H groups in total. The Morgan fingerprint density at radius 1 is 1.53 bits per heavy atom. The highest BCUT2D eigenvalue weighted by Gasteiger charge is 2.32. The normalized spacial score (nSPS) is 22.2. The second kappa shape index (κ2) is 4.65. The number of aryl methyl sites for hydroxylation is 1. The largest absolute Gasteiger partial charge is 0.378 e. The van der Waals surface area contributed by atoms with Crippen LogP contribution >= 0.6 is 0 Å².